The van der Waals surface area contributed by atoms with Gasteiger partial charge in [0.05, 0.1) is 5.56 Å². The van der Waals surface area contributed by atoms with Gasteiger partial charge in [-0.1, -0.05) is 30.3 Å². The maximum absolute atomic E-state index is 12.8. The molecule has 1 heterocycles. The third-order valence-corrected chi connectivity index (χ3v) is 4.04. The normalized spacial score (nSPS) is 12.0. The van der Waals surface area contributed by atoms with Crippen molar-refractivity contribution in [3.63, 3.8) is 0 Å². The standard InChI is InChI=1S/C19H13F3N2O3/c1-12-18(24(27)16-8-3-2-7-15(16)23(12)26)17(25)10-9-13-5-4-6-14(11-13)19(20,21)22/h2-11H,1H3. The number of rotatable bonds is 3. The Hall–Kier alpha value is -3.42. The van der Waals surface area contributed by atoms with Gasteiger partial charge in [-0.05, 0) is 23.8 Å². The Morgan fingerprint density at radius 1 is 1.00 bits per heavy atom. The van der Waals surface area contributed by atoms with Crippen LogP contribution >= 0.6 is 0 Å². The number of benzene rings is 2. The Bertz CT molecular complexity index is 1080. The van der Waals surface area contributed by atoms with Gasteiger partial charge in [0, 0.05) is 19.1 Å². The first-order chi connectivity index (χ1) is 12.7. The zero-order valence-electron chi connectivity index (χ0n) is 14.0. The van der Waals surface area contributed by atoms with E-state index in [0.717, 1.165) is 18.2 Å². The van der Waals surface area contributed by atoms with E-state index in [1.807, 2.05) is 0 Å². The minimum absolute atomic E-state index is 0.0221. The van der Waals surface area contributed by atoms with E-state index < -0.39 is 17.5 Å². The van der Waals surface area contributed by atoms with E-state index >= 15 is 0 Å². The van der Waals surface area contributed by atoms with Crippen molar-refractivity contribution in [3.8, 4) is 0 Å². The number of carbonyl (C=O) groups is 1. The maximum Gasteiger partial charge on any atom is 0.416 e. The number of hydrogen-bond donors (Lipinski definition) is 0. The number of hydrogen-bond acceptors (Lipinski definition) is 3. The second-order valence-corrected chi connectivity index (χ2v) is 5.83. The molecule has 0 fully saturated rings. The number of allylic oxidation sites excluding steroid dienone is 1. The third kappa shape index (κ3) is 3.46. The van der Waals surface area contributed by atoms with Gasteiger partial charge in [0.1, 0.15) is 0 Å². The highest BCUT2D eigenvalue weighted by molar-refractivity contribution is 6.05. The van der Waals surface area contributed by atoms with Gasteiger partial charge in [0.25, 0.3) is 22.5 Å². The summed E-state index contributed by atoms with van der Waals surface area (Å²) >= 11 is 0. The highest BCUT2D eigenvalue weighted by Crippen LogP contribution is 2.29. The number of para-hydroxylation sites is 2. The summed E-state index contributed by atoms with van der Waals surface area (Å²) in [5, 5.41) is 24.8. The molecule has 0 saturated heterocycles. The van der Waals surface area contributed by atoms with Crippen molar-refractivity contribution in [1.29, 1.82) is 0 Å². The predicted octanol–water partition coefficient (Wildman–Crippen LogP) is 3.33. The highest BCUT2D eigenvalue weighted by Gasteiger charge is 2.31. The van der Waals surface area contributed by atoms with E-state index in [2.05, 4.69) is 0 Å². The summed E-state index contributed by atoms with van der Waals surface area (Å²) < 4.78 is 39.1. The Balaban J connectivity index is 2.01. The number of nitrogens with zero attached hydrogens (tertiary/aromatic N) is 2. The molecule has 1 aromatic heterocycles. The van der Waals surface area contributed by atoms with E-state index in [9.17, 15) is 28.4 Å². The number of carbonyl (C=O) groups excluding carboxylic acids is 1. The molecule has 0 aliphatic carbocycles. The number of alkyl halides is 3. The zero-order valence-corrected chi connectivity index (χ0v) is 14.0. The fraction of sp³-hybridized carbons (Fsp3) is 0.105. The first-order valence-electron chi connectivity index (χ1n) is 7.84. The lowest BCUT2D eigenvalue weighted by atomic mass is 10.1. The Morgan fingerprint density at radius 2 is 1.63 bits per heavy atom. The molecule has 0 radical (unpaired) electrons. The molecule has 3 aromatic rings. The van der Waals surface area contributed by atoms with Gasteiger partial charge in [-0.2, -0.15) is 22.6 Å². The van der Waals surface area contributed by atoms with Gasteiger partial charge in [-0.15, -0.1) is 0 Å². The van der Waals surface area contributed by atoms with Crippen molar-refractivity contribution in [2.75, 3.05) is 0 Å². The molecule has 0 spiro atoms. The largest absolute Gasteiger partial charge is 0.618 e. The lowest BCUT2D eigenvalue weighted by Gasteiger charge is -2.09. The molecule has 0 unspecified atom stereocenters. The van der Waals surface area contributed by atoms with Crippen LogP contribution in [0.3, 0.4) is 0 Å². The average molecular weight is 374 g/mol. The summed E-state index contributed by atoms with van der Waals surface area (Å²) in [6, 6.07) is 10.4. The highest BCUT2D eigenvalue weighted by atomic mass is 19.4. The molecule has 5 nitrogen and oxygen atoms in total. The lowest BCUT2D eigenvalue weighted by molar-refractivity contribution is -0.635. The van der Waals surface area contributed by atoms with Crippen LogP contribution in [0.15, 0.2) is 54.6 Å². The first kappa shape index (κ1) is 18.4. The molecular formula is C19H13F3N2O3. The molecule has 27 heavy (non-hydrogen) atoms. The Labute approximate surface area is 151 Å². The van der Waals surface area contributed by atoms with Crippen LogP contribution in [0.2, 0.25) is 0 Å². The Kier molecular flexibility index (Phi) is 4.57. The van der Waals surface area contributed by atoms with Crippen molar-refractivity contribution in [2.45, 2.75) is 13.1 Å². The third-order valence-electron chi connectivity index (χ3n) is 4.04. The molecular weight excluding hydrogens is 361 g/mol. The number of halogens is 3. The van der Waals surface area contributed by atoms with Crippen molar-refractivity contribution < 1.29 is 27.4 Å². The van der Waals surface area contributed by atoms with Crippen LogP contribution in [0, 0.1) is 17.3 Å². The molecule has 0 atom stereocenters. The number of aromatic nitrogens is 2. The van der Waals surface area contributed by atoms with Crippen LogP contribution in [-0.2, 0) is 6.18 Å². The van der Waals surface area contributed by atoms with Crippen LogP contribution < -0.4 is 9.46 Å². The van der Waals surface area contributed by atoms with Crippen LogP contribution in [0.1, 0.15) is 27.3 Å². The van der Waals surface area contributed by atoms with E-state index in [4.69, 9.17) is 0 Å². The predicted molar refractivity (Wildman–Crippen MR) is 91.4 cm³/mol. The van der Waals surface area contributed by atoms with Crippen LogP contribution in [-0.4, -0.2) is 5.78 Å². The second-order valence-electron chi connectivity index (χ2n) is 5.83. The van der Waals surface area contributed by atoms with Crippen molar-refractivity contribution >= 4 is 22.9 Å². The van der Waals surface area contributed by atoms with E-state index in [0.29, 0.717) is 9.46 Å². The van der Waals surface area contributed by atoms with E-state index in [-0.39, 0.29) is 28.0 Å². The molecule has 3 rings (SSSR count). The molecule has 138 valence electrons. The Morgan fingerprint density at radius 3 is 2.26 bits per heavy atom. The van der Waals surface area contributed by atoms with Gasteiger partial charge >= 0.3 is 11.9 Å². The molecule has 0 aliphatic heterocycles. The minimum Gasteiger partial charge on any atom is -0.618 e. The van der Waals surface area contributed by atoms with Gasteiger partial charge in [0.2, 0.25) is 0 Å². The molecule has 0 saturated carbocycles. The smallest absolute Gasteiger partial charge is 0.416 e. The number of fused-ring (bicyclic) bond motifs is 1. The molecule has 0 N–H and O–H groups in total. The maximum atomic E-state index is 12.8. The topological polar surface area (TPSA) is 71.0 Å². The van der Waals surface area contributed by atoms with Gasteiger partial charge in [-0.25, -0.2) is 0 Å². The first-order valence-corrected chi connectivity index (χ1v) is 7.84. The molecule has 8 heteroatoms. The van der Waals surface area contributed by atoms with Gasteiger partial charge in [-0.3, -0.25) is 4.79 Å². The van der Waals surface area contributed by atoms with Crippen LogP contribution in [0.25, 0.3) is 17.1 Å². The van der Waals surface area contributed by atoms with Crippen LogP contribution in [0.5, 0.6) is 0 Å². The summed E-state index contributed by atoms with van der Waals surface area (Å²) in [7, 11) is 0. The summed E-state index contributed by atoms with van der Waals surface area (Å²) in [5.74, 6) is -0.782. The molecule has 0 bridgehead atoms. The van der Waals surface area contributed by atoms with Crippen molar-refractivity contribution in [1.82, 2.24) is 0 Å². The monoisotopic (exact) mass is 374 g/mol. The SMILES string of the molecule is Cc1c(C(=O)C=Cc2cccc(C(F)(F)F)c2)[n+]([O-])c2ccccc2[n+]1[O-]. The quantitative estimate of drug-likeness (QED) is 0.306. The summed E-state index contributed by atoms with van der Waals surface area (Å²) in [6.07, 6.45) is -2.36. The summed E-state index contributed by atoms with van der Waals surface area (Å²) in [5.41, 5.74) is -1.05. The molecule has 0 aliphatic rings. The average Bonchev–Trinajstić information content (AvgIpc) is 2.64. The van der Waals surface area contributed by atoms with Crippen molar-refractivity contribution in [3.05, 3.63) is 87.5 Å². The van der Waals surface area contributed by atoms with E-state index in [1.165, 1.54) is 37.3 Å². The van der Waals surface area contributed by atoms with Crippen molar-refractivity contribution in [2.24, 2.45) is 0 Å². The molecule has 2 aromatic carbocycles. The fourth-order valence-electron chi connectivity index (χ4n) is 2.70. The summed E-state index contributed by atoms with van der Waals surface area (Å²) in [6.45, 7) is 1.33. The van der Waals surface area contributed by atoms with Gasteiger partial charge in [0.15, 0.2) is 0 Å². The minimum atomic E-state index is -4.51. The summed E-state index contributed by atoms with van der Waals surface area (Å²) in [4.78, 5) is 12.5. The fourth-order valence-corrected chi connectivity index (χ4v) is 2.70. The molecule has 0 amide bonds. The lowest BCUT2D eigenvalue weighted by Crippen LogP contribution is -2.46. The second kappa shape index (κ2) is 6.71. The van der Waals surface area contributed by atoms with E-state index in [1.54, 1.807) is 12.1 Å². The van der Waals surface area contributed by atoms with Crippen LogP contribution in [0.4, 0.5) is 13.2 Å². The number of ketones is 1. The zero-order chi connectivity index (χ0) is 19.8. The van der Waals surface area contributed by atoms with Gasteiger partial charge < -0.3 is 10.4 Å².